The van der Waals surface area contributed by atoms with Crippen LogP contribution in [-0.2, 0) is 19.6 Å². The highest BCUT2D eigenvalue weighted by atomic mass is 32.2. The zero-order chi connectivity index (χ0) is 19.6. The van der Waals surface area contributed by atoms with E-state index in [0.717, 1.165) is 5.56 Å². The Morgan fingerprint density at radius 1 is 1.15 bits per heavy atom. The summed E-state index contributed by atoms with van der Waals surface area (Å²) >= 11 is 0. The van der Waals surface area contributed by atoms with Gasteiger partial charge in [-0.05, 0) is 44.5 Å². The number of hydrogen-bond acceptors (Lipinski definition) is 5. The number of esters is 1. The van der Waals surface area contributed by atoms with E-state index in [1.54, 1.807) is 55.5 Å². The zero-order valence-electron chi connectivity index (χ0n) is 15.2. The van der Waals surface area contributed by atoms with Crippen LogP contribution in [0.5, 0.6) is 0 Å². The fourth-order valence-electron chi connectivity index (χ4n) is 3.14. The molecule has 6 nitrogen and oxygen atoms in total. The Bertz CT molecular complexity index is 966. The van der Waals surface area contributed by atoms with Gasteiger partial charge in [0.15, 0.2) is 5.78 Å². The highest BCUT2D eigenvalue weighted by molar-refractivity contribution is 7.92. The van der Waals surface area contributed by atoms with Crippen LogP contribution < -0.4 is 4.31 Å². The minimum Gasteiger partial charge on any atom is -0.465 e. The molecule has 2 aromatic rings. The SMILES string of the molecule is CCOC(=O)[C@H]1CCN(S(=O)(=O)c2ccc(C)cc2)c2ccccc2C1=O. The molecule has 7 heteroatoms. The number of para-hydroxylation sites is 1. The van der Waals surface area contributed by atoms with Crippen LogP contribution in [-0.4, -0.2) is 33.3 Å². The van der Waals surface area contributed by atoms with E-state index in [4.69, 9.17) is 4.74 Å². The summed E-state index contributed by atoms with van der Waals surface area (Å²) in [5, 5.41) is 0. The number of sulfonamides is 1. The van der Waals surface area contributed by atoms with E-state index in [2.05, 4.69) is 0 Å². The average Bonchev–Trinajstić information content (AvgIpc) is 2.80. The Balaban J connectivity index is 2.07. The maximum Gasteiger partial charge on any atom is 0.316 e. The van der Waals surface area contributed by atoms with Crippen LogP contribution >= 0.6 is 0 Å². The monoisotopic (exact) mass is 387 g/mol. The van der Waals surface area contributed by atoms with Gasteiger partial charge in [0.1, 0.15) is 5.92 Å². The smallest absolute Gasteiger partial charge is 0.316 e. The molecule has 0 fully saturated rings. The first-order valence-electron chi connectivity index (χ1n) is 8.75. The van der Waals surface area contributed by atoms with Gasteiger partial charge < -0.3 is 4.74 Å². The predicted molar refractivity (Wildman–Crippen MR) is 101 cm³/mol. The molecule has 1 atom stereocenters. The first-order chi connectivity index (χ1) is 12.9. The summed E-state index contributed by atoms with van der Waals surface area (Å²) in [6, 6.07) is 13.0. The molecule has 3 rings (SSSR count). The van der Waals surface area contributed by atoms with E-state index in [0.29, 0.717) is 0 Å². The van der Waals surface area contributed by atoms with E-state index in [1.165, 1.54) is 4.31 Å². The lowest BCUT2D eigenvalue weighted by molar-refractivity contribution is -0.146. The third kappa shape index (κ3) is 3.60. The van der Waals surface area contributed by atoms with Crippen LogP contribution in [0.1, 0.15) is 29.3 Å². The van der Waals surface area contributed by atoms with Crippen LogP contribution in [0.25, 0.3) is 0 Å². The van der Waals surface area contributed by atoms with Gasteiger partial charge in [-0.2, -0.15) is 0 Å². The van der Waals surface area contributed by atoms with Gasteiger partial charge in [-0.25, -0.2) is 8.42 Å². The van der Waals surface area contributed by atoms with Crippen LogP contribution in [0, 0.1) is 12.8 Å². The number of nitrogens with zero attached hydrogens (tertiary/aromatic N) is 1. The quantitative estimate of drug-likeness (QED) is 0.595. The molecule has 1 aliphatic rings. The Kier molecular flexibility index (Phi) is 5.32. The first-order valence-corrected chi connectivity index (χ1v) is 10.2. The van der Waals surface area contributed by atoms with Crippen molar-refractivity contribution >= 4 is 27.5 Å². The number of fused-ring (bicyclic) bond motifs is 1. The molecule has 0 bridgehead atoms. The molecule has 142 valence electrons. The van der Waals surface area contributed by atoms with Gasteiger partial charge in [0, 0.05) is 12.1 Å². The molecule has 27 heavy (non-hydrogen) atoms. The van der Waals surface area contributed by atoms with Crippen molar-refractivity contribution in [3.05, 3.63) is 59.7 Å². The fraction of sp³-hybridized carbons (Fsp3) is 0.300. The second-order valence-corrected chi connectivity index (χ2v) is 8.23. The predicted octanol–water partition coefficient (Wildman–Crippen LogP) is 2.96. The number of carbonyl (C=O) groups is 2. The van der Waals surface area contributed by atoms with Gasteiger partial charge in [0.25, 0.3) is 10.0 Å². The number of anilines is 1. The molecule has 0 amide bonds. The highest BCUT2D eigenvalue weighted by Crippen LogP contribution is 2.33. The maximum atomic E-state index is 13.2. The third-order valence-corrected chi connectivity index (χ3v) is 6.38. The molecule has 0 saturated heterocycles. The molecule has 2 aromatic carbocycles. The summed E-state index contributed by atoms with van der Waals surface area (Å²) in [7, 11) is -3.87. The number of aryl methyl sites for hydroxylation is 1. The first kappa shape index (κ1) is 19.1. The fourth-order valence-corrected chi connectivity index (χ4v) is 4.64. The Morgan fingerprint density at radius 3 is 2.48 bits per heavy atom. The lowest BCUT2D eigenvalue weighted by atomic mass is 9.95. The van der Waals surface area contributed by atoms with E-state index in [9.17, 15) is 18.0 Å². The van der Waals surface area contributed by atoms with Crippen LogP contribution in [0.2, 0.25) is 0 Å². The highest BCUT2D eigenvalue weighted by Gasteiger charge is 2.38. The number of ketones is 1. The third-order valence-electron chi connectivity index (χ3n) is 4.56. The number of carbonyl (C=O) groups excluding carboxylic acids is 2. The van der Waals surface area contributed by atoms with Crippen LogP contribution in [0.3, 0.4) is 0 Å². The minimum absolute atomic E-state index is 0.0163. The minimum atomic E-state index is -3.87. The molecule has 0 saturated carbocycles. The molecule has 0 aromatic heterocycles. The van der Waals surface area contributed by atoms with Crippen molar-refractivity contribution in [1.29, 1.82) is 0 Å². The summed E-state index contributed by atoms with van der Waals surface area (Å²) in [5.74, 6) is -2.04. The van der Waals surface area contributed by atoms with Gasteiger partial charge in [0.2, 0.25) is 0 Å². The number of Topliss-reactive ketones (excluding diaryl/α,β-unsaturated/α-hetero) is 1. The van der Waals surface area contributed by atoms with Gasteiger partial charge in [-0.15, -0.1) is 0 Å². The van der Waals surface area contributed by atoms with Crippen molar-refractivity contribution in [2.24, 2.45) is 5.92 Å². The standard InChI is InChI=1S/C20H21NO5S/c1-3-26-20(23)17-12-13-21(18-7-5-4-6-16(18)19(17)22)27(24,25)15-10-8-14(2)9-11-15/h4-11,17H,3,12-13H2,1-2H3/t17-/m0/s1. The molecule has 1 heterocycles. The average molecular weight is 387 g/mol. The Hall–Kier alpha value is -2.67. The number of benzene rings is 2. The van der Waals surface area contributed by atoms with E-state index < -0.39 is 27.7 Å². The molecule has 0 unspecified atom stereocenters. The lowest BCUT2D eigenvalue weighted by Crippen LogP contribution is -2.33. The summed E-state index contributed by atoms with van der Waals surface area (Å²) in [6.07, 6.45) is 0.0669. The van der Waals surface area contributed by atoms with Crippen LogP contribution in [0.15, 0.2) is 53.4 Å². The topological polar surface area (TPSA) is 80.8 Å². The van der Waals surface area contributed by atoms with Gasteiger partial charge in [0.05, 0.1) is 17.2 Å². The van der Waals surface area contributed by atoms with Crippen molar-refractivity contribution in [2.75, 3.05) is 17.5 Å². The molecule has 1 aliphatic heterocycles. The summed E-state index contributed by atoms with van der Waals surface area (Å²) in [5.41, 5.74) is 1.45. The number of rotatable bonds is 4. The molecular weight excluding hydrogens is 366 g/mol. The zero-order valence-corrected chi connectivity index (χ0v) is 16.0. The molecule has 0 radical (unpaired) electrons. The second kappa shape index (κ2) is 7.52. The number of ether oxygens (including phenoxy) is 1. The summed E-state index contributed by atoms with van der Waals surface area (Å²) in [6.45, 7) is 3.72. The van der Waals surface area contributed by atoms with Gasteiger partial charge in [-0.1, -0.05) is 29.8 Å². The van der Waals surface area contributed by atoms with Crippen LogP contribution in [0.4, 0.5) is 5.69 Å². The summed E-state index contributed by atoms with van der Waals surface area (Å²) in [4.78, 5) is 25.3. The normalized spacial score (nSPS) is 17.2. The summed E-state index contributed by atoms with van der Waals surface area (Å²) < 4.78 is 32.7. The van der Waals surface area contributed by atoms with Crippen molar-refractivity contribution in [3.63, 3.8) is 0 Å². The molecule has 0 aliphatic carbocycles. The van der Waals surface area contributed by atoms with Crippen molar-refractivity contribution in [3.8, 4) is 0 Å². The van der Waals surface area contributed by atoms with Gasteiger partial charge in [-0.3, -0.25) is 13.9 Å². The van der Waals surface area contributed by atoms with Crippen molar-refractivity contribution < 1.29 is 22.7 Å². The lowest BCUT2D eigenvalue weighted by Gasteiger charge is -2.24. The molecule has 0 N–H and O–H groups in total. The van der Waals surface area contributed by atoms with E-state index in [1.807, 2.05) is 6.92 Å². The molecule has 0 spiro atoms. The molecular formula is C20H21NO5S. The van der Waals surface area contributed by atoms with E-state index in [-0.39, 0.29) is 35.7 Å². The second-order valence-electron chi connectivity index (χ2n) is 6.36. The number of hydrogen-bond donors (Lipinski definition) is 0. The Morgan fingerprint density at radius 2 is 1.81 bits per heavy atom. The van der Waals surface area contributed by atoms with Gasteiger partial charge >= 0.3 is 5.97 Å². The van der Waals surface area contributed by atoms with Crippen molar-refractivity contribution in [2.45, 2.75) is 25.2 Å². The maximum absolute atomic E-state index is 13.2. The largest absolute Gasteiger partial charge is 0.465 e. The van der Waals surface area contributed by atoms with Crippen molar-refractivity contribution in [1.82, 2.24) is 0 Å². The Labute approximate surface area is 158 Å². The van der Waals surface area contributed by atoms with E-state index >= 15 is 0 Å².